The third-order valence-corrected chi connectivity index (χ3v) is 3.93. The fourth-order valence-corrected chi connectivity index (χ4v) is 2.31. The van der Waals surface area contributed by atoms with Crippen molar-refractivity contribution < 1.29 is 0 Å². The Morgan fingerprint density at radius 3 is 1.69 bits per heavy atom. The van der Waals surface area contributed by atoms with E-state index >= 15 is 0 Å². The minimum Gasteiger partial charge on any atom is -0.0654 e. The minimum absolute atomic E-state index is 0.882. The molecule has 0 saturated heterocycles. The van der Waals surface area contributed by atoms with Crippen molar-refractivity contribution in [1.29, 1.82) is 0 Å². The Labute approximate surface area is 104 Å². The van der Waals surface area contributed by atoms with Crippen LogP contribution >= 0.6 is 0 Å². The Morgan fingerprint density at radius 2 is 1.19 bits per heavy atom. The zero-order chi connectivity index (χ0) is 12.4. The number of hydrogen-bond acceptors (Lipinski definition) is 0. The number of hydrogen-bond donors (Lipinski definition) is 0. The molecule has 16 heavy (non-hydrogen) atoms. The van der Waals surface area contributed by atoms with Crippen LogP contribution in [0.1, 0.15) is 86.0 Å². The summed E-state index contributed by atoms with van der Waals surface area (Å²) >= 11 is 0. The van der Waals surface area contributed by atoms with Gasteiger partial charge in [-0.05, 0) is 17.8 Å². The summed E-state index contributed by atoms with van der Waals surface area (Å²) in [6.45, 7) is 11.9. The summed E-state index contributed by atoms with van der Waals surface area (Å²) in [5.74, 6) is 2.75. The normalized spacial score (nSPS) is 15.4. The van der Waals surface area contributed by atoms with Crippen LogP contribution in [-0.4, -0.2) is 0 Å². The second-order valence-corrected chi connectivity index (χ2v) is 6.13. The summed E-state index contributed by atoms with van der Waals surface area (Å²) in [6.07, 6.45) is 11.4. The molecule has 2 unspecified atom stereocenters. The quantitative estimate of drug-likeness (QED) is 0.397. The predicted octanol–water partition coefficient (Wildman–Crippen LogP) is 6.06. The Hall–Kier alpha value is 0. The summed E-state index contributed by atoms with van der Waals surface area (Å²) in [4.78, 5) is 0. The van der Waals surface area contributed by atoms with Crippen molar-refractivity contribution in [3.63, 3.8) is 0 Å². The maximum Gasteiger partial charge on any atom is -0.0417 e. The van der Waals surface area contributed by atoms with E-state index < -0.39 is 0 Å². The molecule has 0 N–H and O–H groups in total. The summed E-state index contributed by atoms with van der Waals surface area (Å²) in [7, 11) is 0. The maximum atomic E-state index is 2.45. The van der Waals surface area contributed by atoms with E-state index in [0.29, 0.717) is 0 Å². The first kappa shape index (κ1) is 16.0. The fraction of sp³-hybridized carbons (Fsp3) is 1.00. The highest BCUT2D eigenvalue weighted by molar-refractivity contribution is 4.63. The smallest absolute Gasteiger partial charge is 0.0417 e. The summed E-state index contributed by atoms with van der Waals surface area (Å²) in [5, 5.41) is 0. The standard InChI is InChI=1S/C16H34/c1-6-7-8-9-12-15(4)16(5)13-10-11-14(2)3/h14-16H,6-13H2,1-5H3. The molecular formula is C16H34. The van der Waals surface area contributed by atoms with Crippen LogP contribution in [0.4, 0.5) is 0 Å². The molecule has 0 aliphatic carbocycles. The summed E-state index contributed by atoms with van der Waals surface area (Å²) < 4.78 is 0. The molecule has 0 rings (SSSR count). The van der Waals surface area contributed by atoms with Crippen LogP contribution in [0.3, 0.4) is 0 Å². The lowest BCUT2D eigenvalue weighted by molar-refractivity contribution is 0.318. The first-order valence-corrected chi connectivity index (χ1v) is 7.57. The molecule has 0 spiro atoms. The van der Waals surface area contributed by atoms with Crippen LogP contribution < -0.4 is 0 Å². The van der Waals surface area contributed by atoms with Gasteiger partial charge in [-0.3, -0.25) is 0 Å². The molecule has 0 fully saturated rings. The summed E-state index contributed by atoms with van der Waals surface area (Å²) in [6, 6.07) is 0. The van der Waals surface area contributed by atoms with Crippen molar-refractivity contribution >= 4 is 0 Å². The minimum atomic E-state index is 0.882. The number of unbranched alkanes of at least 4 members (excludes halogenated alkanes) is 3. The lowest BCUT2D eigenvalue weighted by Crippen LogP contribution is -2.08. The molecular weight excluding hydrogens is 192 g/mol. The topological polar surface area (TPSA) is 0 Å². The van der Waals surface area contributed by atoms with Gasteiger partial charge in [0.25, 0.3) is 0 Å². The van der Waals surface area contributed by atoms with Crippen molar-refractivity contribution in [3.05, 3.63) is 0 Å². The SMILES string of the molecule is CCCCCCC(C)C(C)CCCC(C)C. The highest BCUT2D eigenvalue weighted by Crippen LogP contribution is 2.24. The molecule has 98 valence electrons. The molecule has 0 aromatic heterocycles. The largest absolute Gasteiger partial charge is 0.0654 e. The maximum absolute atomic E-state index is 2.45. The molecule has 0 amide bonds. The van der Waals surface area contributed by atoms with Gasteiger partial charge in [0.1, 0.15) is 0 Å². The van der Waals surface area contributed by atoms with Gasteiger partial charge in [0.05, 0.1) is 0 Å². The lowest BCUT2D eigenvalue weighted by Gasteiger charge is -2.20. The molecule has 0 nitrogen and oxygen atoms in total. The van der Waals surface area contributed by atoms with Crippen molar-refractivity contribution in [2.75, 3.05) is 0 Å². The van der Waals surface area contributed by atoms with Gasteiger partial charge in [-0.2, -0.15) is 0 Å². The third kappa shape index (κ3) is 9.24. The van der Waals surface area contributed by atoms with Crippen molar-refractivity contribution in [1.82, 2.24) is 0 Å². The zero-order valence-electron chi connectivity index (χ0n) is 12.4. The van der Waals surface area contributed by atoms with Gasteiger partial charge in [-0.25, -0.2) is 0 Å². The Morgan fingerprint density at radius 1 is 0.625 bits per heavy atom. The fourth-order valence-electron chi connectivity index (χ4n) is 2.31. The van der Waals surface area contributed by atoms with E-state index in [2.05, 4.69) is 34.6 Å². The van der Waals surface area contributed by atoms with Gasteiger partial charge in [0.15, 0.2) is 0 Å². The van der Waals surface area contributed by atoms with E-state index in [0.717, 1.165) is 17.8 Å². The molecule has 0 saturated carbocycles. The zero-order valence-corrected chi connectivity index (χ0v) is 12.4. The van der Waals surface area contributed by atoms with Gasteiger partial charge in [-0.15, -0.1) is 0 Å². The molecule has 0 aliphatic heterocycles. The second-order valence-electron chi connectivity index (χ2n) is 6.13. The van der Waals surface area contributed by atoms with E-state index in [1.165, 1.54) is 51.4 Å². The van der Waals surface area contributed by atoms with Crippen molar-refractivity contribution in [2.24, 2.45) is 17.8 Å². The Balaban J connectivity index is 3.45. The number of rotatable bonds is 10. The van der Waals surface area contributed by atoms with Gasteiger partial charge in [0.2, 0.25) is 0 Å². The van der Waals surface area contributed by atoms with E-state index in [9.17, 15) is 0 Å². The van der Waals surface area contributed by atoms with E-state index in [4.69, 9.17) is 0 Å². The van der Waals surface area contributed by atoms with Crippen LogP contribution in [0, 0.1) is 17.8 Å². The molecule has 2 atom stereocenters. The van der Waals surface area contributed by atoms with Gasteiger partial charge in [-0.1, -0.05) is 86.0 Å². The molecule has 0 aromatic carbocycles. The summed E-state index contributed by atoms with van der Waals surface area (Å²) in [5.41, 5.74) is 0. The second kappa shape index (κ2) is 10.2. The van der Waals surface area contributed by atoms with E-state index in [1.54, 1.807) is 0 Å². The van der Waals surface area contributed by atoms with E-state index in [-0.39, 0.29) is 0 Å². The van der Waals surface area contributed by atoms with Crippen molar-refractivity contribution in [3.8, 4) is 0 Å². The van der Waals surface area contributed by atoms with Gasteiger partial charge < -0.3 is 0 Å². The first-order valence-electron chi connectivity index (χ1n) is 7.57. The predicted molar refractivity (Wildman–Crippen MR) is 75.8 cm³/mol. The third-order valence-electron chi connectivity index (χ3n) is 3.93. The van der Waals surface area contributed by atoms with E-state index in [1.807, 2.05) is 0 Å². The molecule has 0 aromatic rings. The molecule has 0 aliphatic rings. The average Bonchev–Trinajstić information content (AvgIpc) is 2.23. The first-order chi connectivity index (χ1) is 7.57. The van der Waals surface area contributed by atoms with Crippen LogP contribution in [0.15, 0.2) is 0 Å². The molecule has 0 heterocycles. The Kier molecular flexibility index (Phi) is 10.2. The van der Waals surface area contributed by atoms with Crippen LogP contribution in [0.25, 0.3) is 0 Å². The molecule has 0 bridgehead atoms. The van der Waals surface area contributed by atoms with Gasteiger partial charge >= 0.3 is 0 Å². The average molecular weight is 226 g/mol. The Bertz CT molecular complexity index is 137. The lowest BCUT2D eigenvalue weighted by atomic mass is 9.86. The van der Waals surface area contributed by atoms with Crippen LogP contribution in [-0.2, 0) is 0 Å². The highest BCUT2D eigenvalue weighted by atomic mass is 14.2. The molecule has 0 radical (unpaired) electrons. The van der Waals surface area contributed by atoms with Crippen molar-refractivity contribution in [2.45, 2.75) is 86.0 Å². The molecule has 0 heteroatoms. The van der Waals surface area contributed by atoms with Crippen LogP contribution in [0.2, 0.25) is 0 Å². The van der Waals surface area contributed by atoms with Gasteiger partial charge in [0, 0.05) is 0 Å². The monoisotopic (exact) mass is 226 g/mol. The van der Waals surface area contributed by atoms with Crippen LogP contribution in [0.5, 0.6) is 0 Å². The highest BCUT2D eigenvalue weighted by Gasteiger charge is 2.11.